The summed E-state index contributed by atoms with van der Waals surface area (Å²) in [5.41, 5.74) is 0. The van der Waals surface area contributed by atoms with E-state index in [1.807, 2.05) is 12.1 Å². The highest BCUT2D eigenvalue weighted by Gasteiger charge is 1.93. The molecule has 16 heavy (non-hydrogen) atoms. The minimum absolute atomic E-state index is 0.133. The average Bonchev–Trinajstić information content (AvgIpc) is 2.34. The van der Waals surface area contributed by atoms with Gasteiger partial charge in [-0.2, -0.15) is 0 Å². The second kappa shape index (κ2) is 9.06. The first-order valence-corrected chi connectivity index (χ1v) is 5.19. The van der Waals surface area contributed by atoms with Gasteiger partial charge in [0.15, 0.2) is 0 Å². The topological polar surface area (TPSA) is 40.6 Å². The highest BCUT2D eigenvalue weighted by atomic mass is 19.1. The number of halogens is 1. The van der Waals surface area contributed by atoms with Gasteiger partial charge in [-0.05, 0) is 6.07 Å². The Bertz CT molecular complexity index is 259. The summed E-state index contributed by atoms with van der Waals surface area (Å²) in [5.74, 6) is 0.583. The van der Waals surface area contributed by atoms with Crippen LogP contribution in [0, 0.1) is 0 Å². The molecule has 0 fully saturated rings. The summed E-state index contributed by atoms with van der Waals surface area (Å²) in [5, 5.41) is 0. The van der Waals surface area contributed by atoms with Gasteiger partial charge in [0.2, 0.25) is 5.88 Å². The predicted octanol–water partition coefficient (Wildman–Crippen LogP) is 1.46. The molecule has 0 amide bonds. The molecule has 0 saturated heterocycles. The van der Waals surface area contributed by atoms with E-state index in [-0.39, 0.29) is 6.61 Å². The van der Waals surface area contributed by atoms with Crippen LogP contribution in [0.2, 0.25) is 0 Å². The van der Waals surface area contributed by atoms with E-state index in [0.717, 1.165) is 0 Å². The Morgan fingerprint density at radius 2 is 1.75 bits per heavy atom. The van der Waals surface area contributed by atoms with Crippen molar-refractivity contribution in [3.05, 3.63) is 24.4 Å². The Kier molecular flexibility index (Phi) is 7.28. The standard InChI is InChI=1S/C11H16FNO3/c12-4-6-14-7-8-15-9-10-16-11-3-1-2-5-13-11/h1-3,5H,4,6-10H2. The van der Waals surface area contributed by atoms with Crippen molar-refractivity contribution in [2.24, 2.45) is 0 Å². The summed E-state index contributed by atoms with van der Waals surface area (Å²) in [6, 6.07) is 5.46. The van der Waals surface area contributed by atoms with Crippen LogP contribution in [0.1, 0.15) is 0 Å². The van der Waals surface area contributed by atoms with Gasteiger partial charge in [0, 0.05) is 12.3 Å². The van der Waals surface area contributed by atoms with E-state index in [0.29, 0.717) is 32.3 Å². The van der Waals surface area contributed by atoms with Gasteiger partial charge in [0.1, 0.15) is 13.3 Å². The van der Waals surface area contributed by atoms with Crippen LogP contribution < -0.4 is 4.74 Å². The van der Waals surface area contributed by atoms with Crippen LogP contribution in [0.3, 0.4) is 0 Å². The molecule has 0 bridgehead atoms. The third kappa shape index (κ3) is 6.31. The lowest BCUT2D eigenvalue weighted by Gasteiger charge is -2.06. The van der Waals surface area contributed by atoms with E-state index in [1.54, 1.807) is 12.3 Å². The van der Waals surface area contributed by atoms with Crippen molar-refractivity contribution in [1.82, 2.24) is 4.98 Å². The summed E-state index contributed by atoms with van der Waals surface area (Å²) in [7, 11) is 0. The summed E-state index contributed by atoms with van der Waals surface area (Å²) in [6.45, 7) is 1.45. The van der Waals surface area contributed by atoms with Gasteiger partial charge in [-0.15, -0.1) is 0 Å². The van der Waals surface area contributed by atoms with E-state index < -0.39 is 6.67 Å². The van der Waals surface area contributed by atoms with E-state index in [1.165, 1.54) is 0 Å². The monoisotopic (exact) mass is 229 g/mol. The van der Waals surface area contributed by atoms with Crippen LogP contribution in [-0.2, 0) is 9.47 Å². The summed E-state index contributed by atoms with van der Waals surface area (Å²) < 4.78 is 27.0. The lowest BCUT2D eigenvalue weighted by molar-refractivity contribution is 0.0320. The molecule has 0 aliphatic rings. The molecule has 0 aliphatic carbocycles. The molecule has 4 nitrogen and oxygen atoms in total. The van der Waals surface area contributed by atoms with Gasteiger partial charge < -0.3 is 14.2 Å². The normalized spacial score (nSPS) is 10.3. The first kappa shape index (κ1) is 12.9. The smallest absolute Gasteiger partial charge is 0.213 e. The molecule has 1 aromatic rings. The Balaban J connectivity index is 1.89. The maximum Gasteiger partial charge on any atom is 0.213 e. The molecular weight excluding hydrogens is 213 g/mol. The van der Waals surface area contributed by atoms with Crippen LogP contribution >= 0.6 is 0 Å². The van der Waals surface area contributed by atoms with Crippen LogP contribution in [0.4, 0.5) is 4.39 Å². The Morgan fingerprint density at radius 1 is 1.00 bits per heavy atom. The minimum atomic E-state index is -0.456. The fourth-order valence-electron chi connectivity index (χ4n) is 1.01. The molecule has 90 valence electrons. The van der Waals surface area contributed by atoms with Crippen LogP contribution in [0.15, 0.2) is 24.4 Å². The van der Waals surface area contributed by atoms with Crippen molar-refractivity contribution in [3.8, 4) is 5.88 Å². The highest BCUT2D eigenvalue weighted by Crippen LogP contribution is 2.02. The summed E-state index contributed by atoms with van der Waals surface area (Å²) >= 11 is 0. The van der Waals surface area contributed by atoms with Gasteiger partial charge in [-0.25, -0.2) is 9.37 Å². The van der Waals surface area contributed by atoms with Crippen molar-refractivity contribution in [2.45, 2.75) is 0 Å². The quantitative estimate of drug-likeness (QED) is 0.601. The third-order valence-corrected chi connectivity index (χ3v) is 1.71. The van der Waals surface area contributed by atoms with Crippen molar-refractivity contribution in [3.63, 3.8) is 0 Å². The number of nitrogens with zero attached hydrogens (tertiary/aromatic N) is 1. The average molecular weight is 229 g/mol. The number of ether oxygens (including phenoxy) is 3. The minimum Gasteiger partial charge on any atom is -0.475 e. The molecule has 1 rings (SSSR count). The zero-order valence-corrected chi connectivity index (χ0v) is 9.10. The van der Waals surface area contributed by atoms with E-state index in [9.17, 15) is 4.39 Å². The molecule has 0 unspecified atom stereocenters. The third-order valence-electron chi connectivity index (χ3n) is 1.71. The maximum absolute atomic E-state index is 11.6. The van der Waals surface area contributed by atoms with Crippen LogP contribution in [0.25, 0.3) is 0 Å². The van der Waals surface area contributed by atoms with Gasteiger partial charge in [-0.3, -0.25) is 0 Å². The SMILES string of the molecule is FCCOCCOCCOc1ccccn1. The van der Waals surface area contributed by atoms with Crippen molar-refractivity contribution < 1.29 is 18.6 Å². The first-order valence-electron chi connectivity index (χ1n) is 5.19. The van der Waals surface area contributed by atoms with E-state index in [4.69, 9.17) is 14.2 Å². The zero-order valence-electron chi connectivity index (χ0n) is 9.10. The number of pyridine rings is 1. The zero-order chi connectivity index (χ0) is 11.5. The van der Waals surface area contributed by atoms with E-state index in [2.05, 4.69) is 4.98 Å². The molecule has 0 saturated carbocycles. The number of alkyl halides is 1. The van der Waals surface area contributed by atoms with Gasteiger partial charge in [0.25, 0.3) is 0 Å². The Morgan fingerprint density at radius 3 is 2.44 bits per heavy atom. The number of hydrogen-bond donors (Lipinski definition) is 0. The first-order chi connectivity index (χ1) is 7.93. The molecule has 0 spiro atoms. The second-order valence-electron chi connectivity index (χ2n) is 2.93. The molecule has 0 aliphatic heterocycles. The lowest BCUT2D eigenvalue weighted by Crippen LogP contribution is -2.11. The molecule has 0 aromatic carbocycles. The molecule has 0 N–H and O–H groups in total. The largest absolute Gasteiger partial charge is 0.475 e. The fourth-order valence-corrected chi connectivity index (χ4v) is 1.01. The second-order valence-corrected chi connectivity index (χ2v) is 2.93. The number of hydrogen-bond acceptors (Lipinski definition) is 4. The molecule has 1 heterocycles. The molecule has 0 atom stereocenters. The van der Waals surface area contributed by atoms with Gasteiger partial charge >= 0.3 is 0 Å². The number of aromatic nitrogens is 1. The van der Waals surface area contributed by atoms with Gasteiger partial charge in [0.05, 0.1) is 26.4 Å². The number of rotatable bonds is 9. The molecular formula is C11H16FNO3. The predicted molar refractivity (Wildman–Crippen MR) is 57.3 cm³/mol. The van der Waals surface area contributed by atoms with Crippen molar-refractivity contribution in [1.29, 1.82) is 0 Å². The maximum atomic E-state index is 11.6. The summed E-state index contributed by atoms with van der Waals surface area (Å²) in [4.78, 5) is 3.99. The van der Waals surface area contributed by atoms with Crippen molar-refractivity contribution in [2.75, 3.05) is 39.7 Å². The van der Waals surface area contributed by atoms with Gasteiger partial charge in [-0.1, -0.05) is 6.07 Å². The molecule has 0 radical (unpaired) electrons. The fraction of sp³-hybridized carbons (Fsp3) is 0.545. The highest BCUT2D eigenvalue weighted by molar-refractivity contribution is 5.08. The van der Waals surface area contributed by atoms with Crippen LogP contribution in [0.5, 0.6) is 5.88 Å². The van der Waals surface area contributed by atoms with Crippen LogP contribution in [-0.4, -0.2) is 44.7 Å². The van der Waals surface area contributed by atoms with Crippen molar-refractivity contribution >= 4 is 0 Å². The van der Waals surface area contributed by atoms with E-state index >= 15 is 0 Å². The Labute approximate surface area is 94.3 Å². The summed E-state index contributed by atoms with van der Waals surface area (Å²) in [6.07, 6.45) is 1.67. The lowest BCUT2D eigenvalue weighted by atomic mass is 10.5. The molecule has 1 aromatic heterocycles. The molecule has 5 heteroatoms. The Hall–Kier alpha value is -1.20.